The van der Waals surface area contributed by atoms with Crippen LogP contribution in [0.1, 0.15) is 59.8 Å². The molecule has 0 spiro atoms. The number of esters is 1. The Morgan fingerprint density at radius 1 is 1.35 bits per heavy atom. The van der Waals surface area contributed by atoms with Gasteiger partial charge in [-0.3, -0.25) is 0 Å². The quantitative estimate of drug-likeness (QED) is 0.631. The predicted molar refractivity (Wildman–Crippen MR) is 90.8 cm³/mol. The van der Waals surface area contributed by atoms with Gasteiger partial charge in [-0.05, 0) is 55.3 Å². The number of hydrogen-bond acceptors (Lipinski definition) is 3. The van der Waals surface area contributed by atoms with Crippen LogP contribution in [-0.4, -0.2) is 23.8 Å². The Bertz CT molecular complexity index is 557. The monoisotopic (exact) mass is 318 g/mol. The van der Waals surface area contributed by atoms with Gasteiger partial charge in [0.05, 0.1) is 6.10 Å². The van der Waals surface area contributed by atoms with Crippen molar-refractivity contribution in [3.8, 4) is 0 Å². The summed E-state index contributed by atoms with van der Waals surface area (Å²) in [7, 11) is 0. The van der Waals surface area contributed by atoms with Crippen molar-refractivity contribution in [2.75, 3.05) is 6.61 Å². The van der Waals surface area contributed by atoms with E-state index < -0.39 is 6.10 Å². The minimum absolute atomic E-state index is 0.242. The summed E-state index contributed by atoms with van der Waals surface area (Å²) in [5.74, 6) is 0.727. The number of allylic oxidation sites excluding steroid dienone is 2. The Morgan fingerprint density at radius 2 is 2.09 bits per heavy atom. The van der Waals surface area contributed by atoms with Crippen molar-refractivity contribution < 1.29 is 14.6 Å². The summed E-state index contributed by atoms with van der Waals surface area (Å²) in [5.41, 5.74) is 2.75. The van der Waals surface area contributed by atoms with E-state index in [1.165, 1.54) is 30.9 Å². The number of rotatable bonds is 3. The van der Waals surface area contributed by atoms with Crippen LogP contribution in [0.25, 0.3) is 0 Å². The van der Waals surface area contributed by atoms with E-state index >= 15 is 0 Å². The summed E-state index contributed by atoms with van der Waals surface area (Å²) in [6.45, 7) is 9.70. The van der Waals surface area contributed by atoms with Crippen molar-refractivity contribution in [1.82, 2.24) is 0 Å². The third-order valence-electron chi connectivity index (χ3n) is 6.87. The highest BCUT2D eigenvalue weighted by atomic mass is 16.5. The first-order chi connectivity index (χ1) is 10.7. The number of carbonyl (C=O) groups is 1. The lowest BCUT2D eigenvalue weighted by Gasteiger charge is -2.57. The average Bonchev–Trinajstić information content (AvgIpc) is 2.88. The van der Waals surface area contributed by atoms with E-state index in [0.717, 1.165) is 12.0 Å². The molecule has 1 heterocycles. The zero-order valence-electron chi connectivity index (χ0n) is 14.9. The molecule has 0 radical (unpaired) electrons. The molecule has 4 atom stereocenters. The van der Waals surface area contributed by atoms with Crippen LogP contribution in [0.4, 0.5) is 0 Å². The van der Waals surface area contributed by atoms with Gasteiger partial charge in [-0.15, -0.1) is 0 Å². The molecule has 0 bridgehead atoms. The molecule has 0 saturated heterocycles. The van der Waals surface area contributed by atoms with Crippen LogP contribution in [0, 0.1) is 22.7 Å². The van der Waals surface area contributed by atoms with Crippen molar-refractivity contribution in [2.24, 2.45) is 22.7 Å². The smallest absolute Gasteiger partial charge is 0.331 e. The second kappa shape index (κ2) is 5.77. The maximum absolute atomic E-state index is 11.3. The van der Waals surface area contributed by atoms with E-state index in [9.17, 15) is 9.90 Å². The maximum Gasteiger partial charge on any atom is 0.331 e. The van der Waals surface area contributed by atoms with Crippen molar-refractivity contribution in [3.05, 3.63) is 23.3 Å². The van der Waals surface area contributed by atoms with Crippen LogP contribution < -0.4 is 0 Å². The largest absolute Gasteiger partial charge is 0.458 e. The number of hydrogen-bond donors (Lipinski definition) is 1. The number of ether oxygens (including phenoxy) is 1. The molecule has 23 heavy (non-hydrogen) atoms. The third-order valence-corrected chi connectivity index (χ3v) is 6.87. The van der Waals surface area contributed by atoms with Gasteiger partial charge in [-0.1, -0.05) is 38.8 Å². The molecule has 0 aromatic heterocycles. The van der Waals surface area contributed by atoms with Gasteiger partial charge in [-0.2, -0.15) is 0 Å². The molecule has 0 amide bonds. The van der Waals surface area contributed by atoms with Crippen molar-refractivity contribution in [3.63, 3.8) is 0 Å². The molecule has 2 aliphatic carbocycles. The summed E-state index contributed by atoms with van der Waals surface area (Å²) in [4.78, 5) is 11.3. The molecule has 128 valence electrons. The Balaban J connectivity index is 1.85. The minimum Gasteiger partial charge on any atom is -0.458 e. The highest BCUT2D eigenvalue weighted by Crippen LogP contribution is 2.60. The molecule has 1 saturated carbocycles. The first-order valence-corrected chi connectivity index (χ1v) is 8.96. The minimum atomic E-state index is -0.574. The fourth-order valence-electron chi connectivity index (χ4n) is 5.55. The van der Waals surface area contributed by atoms with Crippen LogP contribution >= 0.6 is 0 Å². The lowest BCUT2D eigenvalue weighted by atomic mass is 9.48. The molecule has 0 aromatic rings. The SMILES string of the molecule is CC1=CC[C@@H]2C(C)(C)CCC[C@]2(C)[C@@H]1C[C@H](O)C1=CC(=O)OC1. The zero-order valence-corrected chi connectivity index (χ0v) is 14.9. The number of carbonyl (C=O) groups excluding carboxylic acids is 1. The second-order valence-electron chi connectivity index (χ2n) is 8.72. The number of aliphatic hydroxyl groups excluding tert-OH is 1. The Morgan fingerprint density at radius 3 is 2.74 bits per heavy atom. The van der Waals surface area contributed by atoms with Crippen molar-refractivity contribution >= 4 is 5.97 Å². The van der Waals surface area contributed by atoms with Gasteiger partial charge in [0.2, 0.25) is 0 Å². The molecule has 1 N–H and O–H groups in total. The van der Waals surface area contributed by atoms with Crippen LogP contribution in [0.15, 0.2) is 23.3 Å². The zero-order chi connectivity index (χ0) is 16.8. The van der Waals surface area contributed by atoms with E-state index in [1.807, 2.05) is 0 Å². The van der Waals surface area contributed by atoms with E-state index in [4.69, 9.17) is 4.74 Å². The molecule has 3 aliphatic rings. The normalized spacial score (nSPS) is 37.5. The van der Waals surface area contributed by atoms with Crippen molar-refractivity contribution in [2.45, 2.75) is 65.9 Å². The molecule has 1 aliphatic heterocycles. The summed E-state index contributed by atoms with van der Waals surface area (Å²) in [6.07, 6.45) is 8.94. The first kappa shape index (κ1) is 16.8. The molecule has 3 heteroatoms. The molecule has 3 rings (SSSR count). The average molecular weight is 318 g/mol. The lowest BCUT2D eigenvalue weighted by molar-refractivity contribution is -0.135. The summed E-state index contributed by atoms with van der Waals surface area (Å²) < 4.78 is 4.96. The molecule has 0 aromatic carbocycles. The van der Waals surface area contributed by atoms with Gasteiger partial charge >= 0.3 is 5.97 Å². The van der Waals surface area contributed by atoms with Gasteiger partial charge in [-0.25, -0.2) is 4.79 Å². The van der Waals surface area contributed by atoms with Crippen LogP contribution in [-0.2, 0) is 9.53 Å². The maximum atomic E-state index is 11.3. The lowest BCUT2D eigenvalue weighted by Crippen LogP contribution is -2.49. The molecular weight excluding hydrogens is 288 g/mol. The summed E-state index contributed by atoms with van der Waals surface area (Å²) in [6, 6.07) is 0. The topological polar surface area (TPSA) is 46.5 Å². The van der Waals surface area contributed by atoms with Gasteiger partial charge < -0.3 is 9.84 Å². The van der Waals surface area contributed by atoms with Gasteiger partial charge in [0, 0.05) is 11.6 Å². The number of fused-ring (bicyclic) bond motifs is 1. The van der Waals surface area contributed by atoms with Gasteiger partial charge in [0.1, 0.15) is 6.61 Å². The molecule has 3 nitrogen and oxygen atoms in total. The van der Waals surface area contributed by atoms with Crippen molar-refractivity contribution in [1.29, 1.82) is 0 Å². The van der Waals surface area contributed by atoms with E-state index in [2.05, 4.69) is 33.8 Å². The van der Waals surface area contributed by atoms with Gasteiger partial charge in [0.25, 0.3) is 0 Å². The standard InChI is InChI=1S/C20H30O3/c1-13-6-7-17-19(2,3)8-5-9-20(17,4)15(13)11-16(21)14-10-18(22)23-12-14/h6,10,15-17,21H,5,7-9,11-12H2,1-4H3/t15-,16+,17-,20-/m1/s1. The fraction of sp³-hybridized carbons (Fsp3) is 0.750. The Labute approximate surface area is 139 Å². The molecular formula is C20H30O3. The number of cyclic esters (lactones) is 1. The summed E-state index contributed by atoms with van der Waals surface area (Å²) in [5, 5.41) is 10.6. The van der Waals surface area contributed by atoms with Gasteiger partial charge in [0.15, 0.2) is 0 Å². The Kier molecular flexibility index (Phi) is 4.20. The highest BCUT2D eigenvalue weighted by Gasteiger charge is 2.52. The third kappa shape index (κ3) is 2.88. The van der Waals surface area contributed by atoms with Crippen LogP contribution in [0.3, 0.4) is 0 Å². The first-order valence-electron chi connectivity index (χ1n) is 8.96. The highest BCUT2D eigenvalue weighted by molar-refractivity contribution is 5.85. The van der Waals surface area contributed by atoms with E-state index in [1.54, 1.807) is 0 Å². The second-order valence-corrected chi connectivity index (χ2v) is 8.72. The predicted octanol–water partition coefficient (Wildman–Crippen LogP) is 4.02. The number of aliphatic hydroxyl groups is 1. The van der Waals surface area contributed by atoms with E-state index in [-0.39, 0.29) is 18.0 Å². The Hall–Kier alpha value is -1.09. The van der Waals surface area contributed by atoms with Crippen LogP contribution in [0.2, 0.25) is 0 Å². The van der Waals surface area contributed by atoms with Crippen LogP contribution in [0.5, 0.6) is 0 Å². The fourth-order valence-corrected chi connectivity index (χ4v) is 5.55. The summed E-state index contributed by atoms with van der Waals surface area (Å²) >= 11 is 0. The molecule has 1 fully saturated rings. The molecule has 0 unspecified atom stereocenters. The van der Waals surface area contributed by atoms with E-state index in [0.29, 0.717) is 23.7 Å².